The molecule has 1 unspecified atom stereocenters. The van der Waals surface area contributed by atoms with Crippen LogP contribution in [0.3, 0.4) is 0 Å². The van der Waals surface area contributed by atoms with Gasteiger partial charge in [-0.3, -0.25) is 9.59 Å². The first-order valence-electron chi connectivity index (χ1n) is 7.03. The smallest absolute Gasteiger partial charge is 0.221 e. The van der Waals surface area contributed by atoms with Gasteiger partial charge in [0, 0.05) is 31.5 Å². The summed E-state index contributed by atoms with van der Waals surface area (Å²) in [7, 11) is 0. The minimum absolute atomic E-state index is 0.0944. The van der Waals surface area contributed by atoms with Gasteiger partial charge < -0.3 is 16.0 Å². The van der Waals surface area contributed by atoms with E-state index < -0.39 is 0 Å². The Labute approximate surface area is 108 Å². The Morgan fingerprint density at radius 1 is 1.17 bits per heavy atom. The van der Waals surface area contributed by atoms with Gasteiger partial charge in [0.15, 0.2) is 0 Å². The van der Waals surface area contributed by atoms with Gasteiger partial charge in [0.25, 0.3) is 0 Å². The molecule has 2 rings (SSSR count). The fourth-order valence-electron chi connectivity index (χ4n) is 2.23. The molecule has 0 aromatic heterocycles. The van der Waals surface area contributed by atoms with E-state index in [4.69, 9.17) is 0 Å². The van der Waals surface area contributed by atoms with Crippen LogP contribution in [0.5, 0.6) is 0 Å². The summed E-state index contributed by atoms with van der Waals surface area (Å²) < 4.78 is 0. The molecule has 2 aliphatic rings. The lowest BCUT2D eigenvalue weighted by Crippen LogP contribution is -2.33. The largest absolute Gasteiger partial charge is 0.356 e. The van der Waals surface area contributed by atoms with Crippen LogP contribution in [0, 0.1) is 0 Å². The molecule has 5 heteroatoms. The first-order chi connectivity index (χ1) is 8.74. The second-order valence-electron chi connectivity index (χ2n) is 5.29. The Kier molecular flexibility index (Phi) is 4.99. The molecule has 1 saturated heterocycles. The van der Waals surface area contributed by atoms with Crippen molar-refractivity contribution in [2.75, 3.05) is 13.1 Å². The van der Waals surface area contributed by atoms with E-state index in [0.29, 0.717) is 31.5 Å². The molecule has 1 aliphatic carbocycles. The average molecular weight is 253 g/mol. The first kappa shape index (κ1) is 13.3. The molecule has 0 bridgehead atoms. The molecule has 1 atom stereocenters. The second kappa shape index (κ2) is 6.73. The molecular formula is C13H23N3O2. The van der Waals surface area contributed by atoms with Gasteiger partial charge in [0.1, 0.15) is 0 Å². The van der Waals surface area contributed by atoms with E-state index in [0.717, 1.165) is 32.2 Å². The third-order valence-electron chi connectivity index (χ3n) is 3.44. The zero-order valence-corrected chi connectivity index (χ0v) is 10.8. The Balaban J connectivity index is 1.46. The van der Waals surface area contributed by atoms with Crippen LogP contribution in [0.25, 0.3) is 0 Å². The Morgan fingerprint density at radius 2 is 2.00 bits per heavy atom. The number of hydrogen-bond donors (Lipinski definition) is 3. The van der Waals surface area contributed by atoms with Gasteiger partial charge in [0.05, 0.1) is 0 Å². The standard InChI is InChI=1S/C13H23N3O2/c17-12(16-10-5-6-10)4-2-8-15-13(18)9-11-3-1-7-14-11/h10-11,14H,1-9H2,(H,15,18)(H,16,17). The molecule has 5 nitrogen and oxygen atoms in total. The number of carbonyl (C=O) groups excluding carboxylic acids is 2. The SMILES string of the molecule is O=C(CC1CCCN1)NCCCC(=O)NC1CC1. The summed E-state index contributed by atoms with van der Waals surface area (Å²) in [6, 6.07) is 0.781. The number of rotatable bonds is 7. The molecule has 1 saturated carbocycles. The van der Waals surface area contributed by atoms with E-state index in [1.165, 1.54) is 6.42 Å². The molecule has 0 spiro atoms. The molecule has 2 amide bonds. The Bertz CT molecular complexity index is 297. The van der Waals surface area contributed by atoms with Gasteiger partial charge >= 0.3 is 0 Å². The molecular weight excluding hydrogens is 230 g/mol. The van der Waals surface area contributed by atoms with Crippen LogP contribution in [-0.4, -0.2) is 37.0 Å². The van der Waals surface area contributed by atoms with Crippen LogP contribution in [0.15, 0.2) is 0 Å². The van der Waals surface area contributed by atoms with Crippen molar-refractivity contribution in [3.05, 3.63) is 0 Å². The lowest BCUT2D eigenvalue weighted by molar-refractivity contribution is -0.123. The highest BCUT2D eigenvalue weighted by atomic mass is 16.2. The van der Waals surface area contributed by atoms with E-state index in [1.54, 1.807) is 0 Å². The number of amides is 2. The third kappa shape index (κ3) is 5.04. The van der Waals surface area contributed by atoms with E-state index >= 15 is 0 Å². The Morgan fingerprint density at radius 3 is 2.67 bits per heavy atom. The van der Waals surface area contributed by atoms with Crippen molar-refractivity contribution in [1.82, 2.24) is 16.0 Å². The average Bonchev–Trinajstić information content (AvgIpc) is 2.99. The van der Waals surface area contributed by atoms with E-state index in [1.807, 2.05) is 0 Å². The molecule has 1 aliphatic heterocycles. The molecule has 0 radical (unpaired) electrons. The predicted molar refractivity (Wildman–Crippen MR) is 69.1 cm³/mol. The van der Waals surface area contributed by atoms with Crippen molar-refractivity contribution >= 4 is 11.8 Å². The third-order valence-corrected chi connectivity index (χ3v) is 3.44. The van der Waals surface area contributed by atoms with Crippen LogP contribution in [0.1, 0.15) is 44.9 Å². The monoisotopic (exact) mass is 253 g/mol. The maximum atomic E-state index is 11.6. The summed E-state index contributed by atoms with van der Waals surface area (Å²) in [5, 5.41) is 9.11. The summed E-state index contributed by atoms with van der Waals surface area (Å²) in [4.78, 5) is 23.0. The molecule has 18 heavy (non-hydrogen) atoms. The van der Waals surface area contributed by atoms with Crippen LogP contribution in [-0.2, 0) is 9.59 Å². The zero-order chi connectivity index (χ0) is 12.8. The first-order valence-corrected chi connectivity index (χ1v) is 7.03. The molecule has 1 heterocycles. The Hall–Kier alpha value is -1.10. The lowest BCUT2D eigenvalue weighted by Gasteiger charge is -2.10. The fourth-order valence-corrected chi connectivity index (χ4v) is 2.23. The zero-order valence-electron chi connectivity index (χ0n) is 10.8. The van der Waals surface area contributed by atoms with E-state index in [9.17, 15) is 9.59 Å². The van der Waals surface area contributed by atoms with Gasteiger partial charge in [-0.1, -0.05) is 0 Å². The highest BCUT2D eigenvalue weighted by Gasteiger charge is 2.22. The van der Waals surface area contributed by atoms with E-state index in [2.05, 4.69) is 16.0 Å². The summed E-state index contributed by atoms with van der Waals surface area (Å²) >= 11 is 0. The highest BCUT2D eigenvalue weighted by Crippen LogP contribution is 2.18. The minimum Gasteiger partial charge on any atom is -0.356 e. The van der Waals surface area contributed by atoms with E-state index in [-0.39, 0.29) is 11.8 Å². The molecule has 3 N–H and O–H groups in total. The van der Waals surface area contributed by atoms with Gasteiger partial charge in [-0.2, -0.15) is 0 Å². The van der Waals surface area contributed by atoms with Crippen molar-refractivity contribution in [2.24, 2.45) is 0 Å². The lowest BCUT2D eigenvalue weighted by atomic mass is 10.1. The highest BCUT2D eigenvalue weighted by molar-refractivity contribution is 5.77. The summed E-state index contributed by atoms with van der Waals surface area (Å²) in [6.07, 6.45) is 6.30. The molecule has 2 fully saturated rings. The van der Waals surface area contributed by atoms with Crippen LogP contribution in [0.2, 0.25) is 0 Å². The van der Waals surface area contributed by atoms with Crippen LogP contribution in [0.4, 0.5) is 0 Å². The minimum atomic E-state index is 0.0944. The molecule has 0 aromatic carbocycles. The number of hydrogen-bond acceptors (Lipinski definition) is 3. The normalized spacial score (nSPS) is 22.8. The number of carbonyl (C=O) groups is 2. The summed E-state index contributed by atoms with van der Waals surface area (Å²) in [6.45, 7) is 1.63. The molecule has 0 aromatic rings. The molecule has 102 valence electrons. The number of nitrogens with one attached hydrogen (secondary N) is 3. The van der Waals surface area contributed by atoms with Crippen molar-refractivity contribution in [1.29, 1.82) is 0 Å². The van der Waals surface area contributed by atoms with Crippen molar-refractivity contribution < 1.29 is 9.59 Å². The fraction of sp³-hybridized carbons (Fsp3) is 0.846. The predicted octanol–water partition coefficient (Wildman–Crippen LogP) is 0.304. The second-order valence-corrected chi connectivity index (χ2v) is 5.29. The topological polar surface area (TPSA) is 70.2 Å². The van der Waals surface area contributed by atoms with Gasteiger partial charge in [0.2, 0.25) is 11.8 Å². The quantitative estimate of drug-likeness (QED) is 0.572. The van der Waals surface area contributed by atoms with Crippen LogP contribution >= 0.6 is 0 Å². The summed E-state index contributed by atoms with van der Waals surface area (Å²) in [5.74, 6) is 0.209. The van der Waals surface area contributed by atoms with Crippen molar-refractivity contribution in [3.8, 4) is 0 Å². The summed E-state index contributed by atoms with van der Waals surface area (Å²) in [5.41, 5.74) is 0. The van der Waals surface area contributed by atoms with Gasteiger partial charge in [-0.25, -0.2) is 0 Å². The van der Waals surface area contributed by atoms with Crippen molar-refractivity contribution in [3.63, 3.8) is 0 Å². The van der Waals surface area contributed by atoms with Crippen molar-refractivity contribution in [2.45, 2.75) is 57.0 Å². The van der Waals surface area contributed by atoms with Gasteiger partial charge in [-0.05, 0) is 38.6 Å². The van der Waals surface area contributed by atoms with Crippen LogP contribution < -0.4 is 16.0 Å². The maximum absolute atomic E-state index is 11.6. The van der Waals surface area contributed by atoms with Gasteiger partial charge in [-0.15, -0.1) is 0 Å². The maximum Gasteiger partial charge on any atom is 0.221 e.